The van der Waals surface area contributed by atoms with Gasteiger partial charge in [0.2, 0.25) is 5.91 Å². The molecule has 0 radical (unpaired) electrons. The fraction of sp³-hybridized carbons (Fsp3) is 0.455. The lowest BCUT2D eigenvalue weighted by atomic mass is 10.2. The van der Waals surface area contributed by atoms with Gasteiger partial charge in [0.15, 0.2) is 0 Å². The molecule has 0 bridgehead atoms. The lowest BCUT2D eigenvalue weighted by molar-refractivity contribution is -0.119. The quantitative estimate of drug-likeness (QED) is 0.668. The molecule has 1 aromatic heterocycles. The lowest BCUT2D eigenvalue weighted by Gasteiger charge is -2.11. The highest BCUT2D eigenvalue weighted by Gasteiger charge is 2.21. The van der Waals surface area contributed by atoms with Crippen molar-refractivity contribution in [1.29, 1.82) is 0 Å². The molecule has 92 valence electrons. The number of anilines is 1. The first-order chi connectivity index (χ1) is 8.06. The van der Waals surface area contributed by atoms with Gasteiger partial charge in [0.25, 0.3) is 5.91 Å². The Morgan fingerprint density at radius 3 is 3.00 bits per heavy atom. The zero-order chi connectivity index (χ0) is 12.4. The van der Waals surface area contributed by atoms with Gasteiger partial charge >= 0.3 is 0 Å². The van der Waals surface area contributed by atoms with Gasteiger partial charge in [0.1, 0.15) is 5.69 Å². The first-order valence-electron chi connectivity index (χ1n) is 5.55. The Kier molecular flexibility index (Phi) is 3.03. The number of nitrogens with two attached hydrogens (primary N) is 1. The maximum absolute atomic E-state index is 11.8. The van der Waals surface area contributed by atoms with Crippen molar-refractivity contribution >= 4 is 17.5 Å². The summed E-state index contributed by atoms with van der Waals surface area (Å²) in [5, 5.41) is 5.58. The monoisotopic (exact) mass is 236 g/mol. The van der Waals surface area contributed by atoms with E-state index in [1.165, 1.54) is 0 Å². The predicted molar refractivity (Wildman–Crippen MR) is 63.3 cm³/mol. The Bertz CT molecular complexity index is 452. The molecule has 1 aliphatic rings. The van der Waals surface area contributed by atoms with Gasteiger partial charge in [-0.25, -0.2) is 0 Å². The molecule has 1 aromatic rings. The van der Waals surface area contributed by atoms with Crippen LogP contribution in [0, 0.1) is 0 Å². The van der Waals surface area contributed by atoms with E-state index in [1.807, 2.05) is 0 Å². The molecule has 1 aliphatic heterocycles. The van der Waals surface area contributed by atoms with Crippen molar-refractivity contribution in [3.05, 3.63) is 18.0 Å². The number of hydrogen-bond donors (Lipinski definition) is 3. The summed E-state index contributed by atoms with van der Waals surface area (Å²) in [7, 11) is 1.77. The van der Waals surface area contributed by atoms with Crippen LogP contribution in [0.25, 0.3) is 0 Å². The number of nitrogens with zero attached hydrogens (tertiary/aromatic N) is 1. The van der Waals surface area contributed by atoms with Gasteiger partial charge in [-0.05, 0) is 12.5 Å². The molecule has 6 nitrogen and oxygen atoms in total. The third kappa shape index (κ3) is 2.58. The highest BCUT2D eigenvalue weighted by molar-refractivity contribution is 5.93. The van der Waals surface area contributed by atoms with Crippen LogP contribution in [0.1, 0.15) is 23.3 Å². The van der Waals surface area contributed by atoms with E-state index in [9.17, 15) is 9.59 Å². The van der Waals surface area contributed by atoms with E-state index in [2.05, 4.69) is 10.6 Å². The summed E-state index contributed by atoms with van der Waals surface area (Å²) in [6.07, 6.45) is 3.00. The van der Waals surface area contributed by atoms with Gasteiger partial charge < -0.3 is 20.9 Å². The second-order valence-corrected chi connectivity index (χ2v) is 4.28. The van der Waals surface area contributed by atoms with E-state index in [0.717, 1.165) is 6.42 Å². The van der Waals surface area contributed by atoms with Crippen LogP contribution >= 0.6 is 0 Å². The standard InChI is InChI=1S/C11H16N4O2/c1-15-6-7(12)4-9(15)11(17)13-5-8-2-3-10(16)14-8/h4,6,8H,2-3,5,12H2,1H3,(H,13,17)(H,14,16). The molecule has 6 heteroatoms. The van der Waals surface area contributed by atoms with E-state index in [-0.39, 0.29) is 17.9 Å². The Morgan fingerprint density at radius 2 is 2.47 bits per heavy atom. The number of nitrogen functional groups attached to an aromatic ring is 1. The van der Waals surface area contributed by atoms with Gasteiger partial charge in [-0.15, -0.1) is 0 Å². The number of nitrogens with one attached hydrogen (secondary N) is 2. The zero-order valence-electron chi connectivity index (χ0n) is 9.69. The highest BCUT2D eigenvalue weighted by Crippen LogP contribution is 2.09. The minimum absolute atomic E-state index is 0.0454. The molecule has 2 amide bonds. The zero-order valence-corrected chi connectivity index (χ0v) is 9.69. The maximum atomic E-state index is 11.8. The summed E-state index contributed by atoms with van der Waals surface area (Å²) in [6, 6.07) is 1.67. The number of carbonyl (C=O) groups excluding carboxylic acids is 2. The smallest absolute Gasteiger partial charge is 0.268 e. The predicted octanol–water partition coefficient (Wildman–Crippen LogP) is -0.384. The highest BCUT2D eigenvalue weighted by atomic mass is 16.2. The summed E-state index contributed by atoms with van der Waals surface area (Å²) in [5.41, 5.74) is 6.68. The lowest BCUT2D eigenvalue weighted by Crippen LogP contribution is -2.38. The van der Waals surface area contributed by atoms with Crippen molar-refractivity contribution in [2.45, 2.75) is 18.9 Å². The van der Waals surface area contributed by atoms with Crippen LogP contribution in [0.3, 0.4) is 0 Å². The van der Waals surface area contributed by atoms with Crippen molar-refractivity contribution in [1.82, 2.24) is 15.2 Å². The topological polar surface area (TPSA) is 89.2 Å². The summed E-state index contributed by atoms with van der Waals surface area (Å²) >= 11 is 0. The van der Waals surface area contributed by atoms with Crippen LogP contribution in [0.4, 0.5) is 5.69 Å². The van der Waals surface area contributed by atoms with Gasteiger partial charge in [-0.2, -0.15) is 0 Å². The molecule has 17 heavy (non-hydrogen) atoms. The average Bonchev–Trinajstić information content (AvgIpc) is 2.81. The van der Waals surface area contributed by atoms with Crippen LogP contribution < -0.4 is 16.4 Å². The largest absolute Gasteiger partial charge is 0.397 e. The van der Waals surface area contributed by atoms with Crippen molar-refractivity contribution < 1.29 is 9.59 Å². The molecular weight excluding hydrogens is 220 g/mol. The van der Waals surface area contributed by atoms with Gasteiger partial charge in [-0.1, -0.05) is 0 Å². The van der Waals surface area contributed by atoms with Crippen LogP contribution in [-0.4, -0.2) is 29.0 Å². The number of amides is 2. The van der Waals surface area contributed by atoms with Crippen molar-refractivity contribution in [2.24, 2.45) is 7.05 Å². The molecule has 1 fully saturated rings. The molecule has 0 aromatic carbocycles. The van der Waals surface area contributed by atoms with Crippen molar-refractivity contribution in [3.63, 3.8) is 0 Å². The maximum Gasteiger partial charge on any atom is 0.268 e. The minimum atomic E-state index is -0.176. The van der Waals surface area contributed by atoms with Gasteiger partial charge in [0, 0.05) is 32.3 Å². The molecule has 2 rings (SSSR count). The third-order valence-corrected chi connectivity index (χ3v) is 2.85. The molecule has 0 spiro atoms. The molecule has 1 saturated heterocycles. The Labute approximate surface area is 99.2 Å². The molecule has 1 unspecified atom stereocenters. The van der Waals surface area contributed by atoms with E-state index in [0.29, 0.717) is 24.3 Å². The van der Waals surface area contributed by atoms with E-state index >= 15 is 0 Å². The molecule has 2 heterocycles. The summed E-state index contributed by atoms with van der Waals surface area (Å²) in [4.78, 5) is 22.8. The van der Waals surface area contributed by atoms with Crippen molar-refractivity contribution in [3.8, 4) is 0 Å². The Balaban J connectivity index is 1.89. The Morgan fingerprint density at radius 1 is 1.71 bits per heavy atom. The Hall–Kier alpha value is -1.98. The number of rotatable bonds is 3. The fourth-order valence-electron chi connectivity index (χ4n) is 1.95. The fourth-order valence-corrected chi connectivity index (χ4v) is 1.95. The van der Waals surface area contributed by atoms with Gasteiger partial charge in [0.05, 0.1) is 5.69 Å². The van der Waals surface area contributed by atoms with E-state index < -0.39 is 0 Å². The molecule has 0 aliphatic carbocycles. The average molecular weight is 236 g/mol. The number of hydrogen-bond acceptors (Lipinski definition) is 3. The second-order valence-electron chi connectivity index (χ2n) is 4.28. The first kappa shape index (κ1) is 11.5. The van der Waals surface area contributed by atoms with E-state index in [1.54, 1.807) is 23.9 Å². The molecule has 1 atom stereocenters. The molecular formula is C11H16N4O2. The number of aromatic nitrogens is 1. The van der Waals surface area contributed by atoms with Crippen LogP contribution in [0.5, 0.6) is 0 Å². The second kappa shape index (κ2) is 4.48. The molecule has 4 N–H and O–H groups in total. The summed E-state index contributed by atoms with van der Waals surface area (Å²) < 4.78 is 1.68. The van der Waals surface area contributed by atoms with Gasteiger partial charge in [-0.3, -0.25) is 9.59 Å². The summed E-state index contributed by atoms with van der Waals surface area (Å²) in [5.74, 6) is -0.127. The van der Waals surface area contributed by atoms with Crippen LogP contribution in [-0.2, 0) is 11.8 Å². The first-order valence-corrected chi connectivity index (χ1v) is 5.55. The van der Waals surface area contributed by atoms with Crippen molar-refractivity contribution in [2.75, 3.05) is 12.3 Å². The third-order valence-electron chi connectivity index (χ3n) is 2.85. The van der Waals surface area contributed by atoms with Crippen LogP contribution in [0.15, 0.2) is 12.3 Å². The number of aryl methyl sites for hydroxylation is 1. The van der Waals surface area contributed by atoms with E-state index in [4.69, 9.17) is 5.73 Å². The van der Waals surface area contributed by atoms with Crippen LogP contribution in [0.2, 0.25) is 0 Å². The minimum Gasteiger partial charge on any atom is -0.397 e. The SMILES string of the molecule is Cn1cc(N)cc1C(=O)NCC1CCC(=O)N1. The summed E-state index contributed by atoms with van der Waals surface area (Å²) in [6.45, 7) is 0.454. The normalized spacial score (nSPS) is 19.1. The molecule has 0 saturated carbocycles. The number of carbonyl (C=O) groups is 2.